The molecule has 0 bridgehead atoms. The van der Waals surface area contributed by atoms with Crippen LogP contribution in [-0.2, 0) is 32.6 Å². The van der Waals surface area contributed by atoms with E-state index in [1.807, 2.05) is 75.4 Å². The molecule has 3 rings (SSSR count). The molecule has 0 aromatic heterocycles. The van der Waals surface area contributed by atoms with Gasteiger partial charge in [0, 0.05) is 19.5 Å². The van der Waals surface area contributed by atoms with E-state index < -0.39 is 28.5 Å². The minimum Gasteiger partial charge on any atom is -0.354 e. The molecule has 2 amide bonds. The van der Waals surface area contributed by atoms with E-state index in [9.17, 15) is 18.0 Å². The molecule has 0 saturated heterocycles. The second-order valence-corrected chi connectivity index (χ2v) is 12.4. The Balaban J connectivity index is 2.05. The van der Waals surface area contributed by atoms with Crippen molar-refractivity contribution in [2.75, 3.05) is 23.7 Å². The minimum absolute atomic E-state index is 0.131. The normalized spacial score (nSPS) is 12.2. The molecule has 0 aliphatic rings. The molecular formula is C30H36ClN3O4S. The number of hydrogen-bond acceptors (Lipinski definition) is 4. The fourth-order valence-electron chi connectivity index (χ4n) is 4.12. The number of nitrogens with zero attached hydrogens (tertiary/aromatic N) is 2. The molecular weight excluding hydrogens is 534 g/mol. The van der Waals surface area contributed by atoms with E-state index >= 15 is 0 Å². The van der Waals surface area contributed by atoms with Crippen LogP contribution in [0.2, 0.25) is 5.02 Å². The molecule has 0 heterocycles. The van der Waals surface area contributed by atoms with Crippen molar-refractivity contribution in [2.45, 2.75) is 39.8 Å². The molecule has 0 fully saturated rings. The van der Waals surface area contributed by atoms with E-state index in [2.05, 4.69) is 5.32 Å². The van der Waals surface area contributed by atoms with Gasteiger partial charge in [-0.3, -0.25) is 13.9 Å². The van der Waals surface area contributed by atoms with E-state index in [0.717, 1.165) is 27.3 Å². The monoisotopic (exact) mass is 569 g/mol. The number of rotatable bonds is 12. The molecule has 3 aromatic rings. The van der Waals surface area contributed by atoms with Crippen LogP contribution in [0.25, 0.3) is 0 Å². The van der Waals surface area contributed by atoms with Gasteiger partial charge in [-0.1, -0.05) is 97.7 Å². The summed E-state index contributed by atoms with van der Waals surface area (Å²) in [6.07, 6.45) is 1.30. The lowest BCUT2D eigenvalue weighted by molar-refractivity contribution is -0.140. The summed E-state index contributed by atoms with van der Waals surface area (Å²) in [4.78, 5) is 29.1. The topological polar surface area (TPSA) is 86.8 Å². The van der Waals surface area contributed by atoms with Crippen LogP contribution in [0.3, 0.4) is 0 Å². The maximum absolute atomic E-state index is 14.0. The predicted molar refractivity (Wildman–Crippen MR) is 157 cm³/mol. The summed E-state index contributed by atoms with van der Waals surface area (Å²) in [7, 11) is -3.87. The van der Waals surface area contributed by atoms with Crippen molar-refractivity contribution in [1.82, 2.24) is 10.2 Å². The van der Waals surface area contributed by atoms with Gasteiger partial charge >= 0.3 is 0 Å². The van der Waals surface area contributed by atoms with Gasteiger partial charge < -0.3 is 10.2 Å². The lowest BCUT2D eigenvalue weighted by atomic mass is 10.0. The molecule has 0 aliphatic carbocycles. The largest absolute Gasteiger partial charge is 0.354 e. The van der Waals surface area contributed by atoms with Gasteiger partial charge in [0.2, 0.25) is 21.8 Å². The third-order valence-corrected chi connectivity index (χ3v) is 7.68. The smallest absolute Gasteiger partial charge is 0.244 e. The van der Waals surface area contributed by atoms with Crippen molar-refractivity contribution >= 4 is 39.1 Å². The summed E-state index contributed by atoms with van der Waals surface area (Å²) in [5, 5.41) is 3.18. The minimum atomic E-state index is -3.87. The standard InChI is InChI=1S/C30H36ClN3O4S/c1-22(2)19-32-30(36)28(18-24-10-6-5-7-11-24)33(20-25-16-14-23(3)15-17-25)29(35)21-34(39(4,37)38)27-13-9-8-12-26(27)31/h5-17,22,28H,18-21H2,1-4H3,(H,32,36)/t28-/m1/s1. The molecule has 39 heavy (non-hydrogen) atoms. The number of benzene rings is 3. The lowest BCUT2D eigenvalue weighted by Gasteiger charge is -2.33. The summed E-state index contributed by atoms with van der Waals surface area (Å²) in [5.41, 5.74) is 2.98. The molecule has 208 valence electrons. The molecule has 0 radical (unpaired) electrons. The van der Waals surface area contributed by atoms with Crippen LogP contribution in [-0.4, -0.2) is 50.5 Å². The van der Waals surface area contributed by atoms with Crippen molar-refractivity contribution in [3.63, 3.8) is 0 Å². The highest BCUT2D eigenvalue weighted by atomic mass is 35.5. The zero-order valence-electron chi connectivity index (χ0n) is 22.8. The first-order valence-electron chi connectivity index (χ1n) is 12.8. The highest BCUT2D eigenvalue weighted by Gasteiger charge is 2.33. The van der Waals surface area contributed by atoms with Gasteiger partial charge in [0.1, 0.15) is 12.6 Å². The Morgan fingerprint density at radius 1 is 0.897 bits per heavy atom. The molecule has 0 aliphatic heterocycles. The highest BCUT2D eigenvalue weighted by Crippen LogP contribution is 2.27. The number of sulfonamides is 1. The number of anilines is 1. The van der Waals surface area contributed by atoms with Crippen molar-refractivity contribution in [2.24, 2.45) is 5.92 Å². The van der Waals surface area contributed by atoms with Gasteiger partial charge in [0.05, 0.1) is 17.0 Å². The number of carbonyl (C=O) groups excluding carboxylic acids is 2. The average Bonchev–Trinajstić information content (AvgIpc) is 2.89. The van der Waals surface area contributed by atoms with Crippen LogP contribution >= 0.6 is 11.6 Å². The van der Waals surface area contributed by atoms with Crippen molar-refractivity contribution < 1.29 is 18.0 Å². The molecule has 0 unspecified atom stereocenters. The maximum atomic E-state index is 14.0. The van der Waals surface area contributed by atoms with Gasteiger partial charge in [-0.05, 0) is 36.1 Å². The Bertz CT molecular complexity index is 1360. The number of nitrogens with one attached hydrogen (secondary N) is 1. The zero-order chi connectivity index (χ0) is 28.6. The Kier molecular flexibility index (Phi) is 10.5. The Morgan fingerprint density at radius 3 is 2.10 bits per heavy atom. The number of halogens is 1. The van der Waals surface area contributed by atoms with Crippen LogP contribution < -0.4 is 9.62 Å². The maximum Gasteiger partial charge on any atom is 0.244 e. The molecule has 0 saturated carbocycles. The number of hydrogen-bond donors (Lipinski definition) is 1. The molecule has 1 N–H and O–H groups in total. The van der Waals surface area contributed by atoms with E-state index in [0.29, 0.717) is 6.54 Å². The van der Waals surface area contributed by atoms with Crippen LogP contribution in [0.4, 0.5) is 5.69 Å². The van der Waals surface area contributed by atoms with E-state index in [4.69, 9.17) is 11.6 Å². The fourth-order valence-corrected chi connectivity index (χ4v) is 5.26. The summed E-state index contributed by atoms with van der Waals surface area (Å²) in [6.45, 7) is 6.04. The lowest BCUT2D eigenvalue weighted by Crippen LogP contribution is -2.53. The Hall–Kier alpha value is -3.36. The SMILES string of the molecule is Cc1ccc(CN(C(=O)CN(c2ccccc2Cl)S(C)(=O)=O)[C@H](Cc2ccccc2)C(=O)NCC(C)C)cc1. The van der Waals surface area contributed by atoms with Gasteiger partial charge in [0.15, 0.2) is 0 Å². The van der Waals surface area contributed by atoms with E-state index in [1.165, 1.54) is 4.90 Å². The zero-order valence-corrected chi connectivity index (χ0v) is 24.4. The van der Waals surface area contributed by atoms with Crippen LogP contribution in [0, 0.1) is 12.8 Å². The third-order valence-electron chi connectivity index (χ3n) is 6.23. The predicted octanol–water partition coefficient (Wildman–Crippen LogP) is 4.83. The van der Waals surface area contributed by atoms with Gasteiger partial charge in [0.25, 0.3) is 0 Å². The van der Waals surface area contributed by atoms with Crippen molar-refractivity contribution in [3.8, 4) is 0 Å². The van der Waals surface area contributed by atoms with E-state index in [-0.39, 0.29) is 35.5 Å². The molecule has 7 nitrogen and oxygen atoms in total. The number of carbonyl (C=O) groups is 2. The fraction of sp³-hybridized carbons (Fsp3) is 0.333. The first-order chi connectivity index (χ1) is 18.5. The summed E-state index contributed by atoms with van der Waals surface area (Å²) < 4.78 is 26.6. The number of aryl methyl sites for hydroxylation is 1. The molecule has 0 spiro atoms. The van der Waals surface area contributed by atoms with Crippen LogP contribution in [0.1, 0.15) is 30.5 Å². The summed E-state index contributed by atoms with van der Waals surface area (Å²) >= 11 is 6.33. The molecule has 3 aromatic carbocycles. The Morgan fingerprint density at radius 2 is 1.51 bits per heavy atom. The molecule has 9 heteroatoms. The number of amides is 2. The van der Waals surface area contributed by atoms with Crippen LogP contribution in [0.15, 0.2) is 78.9 Å². The Labute approximate surface area is 236 Å². The number of para-hydroxylation sites is 1. The van der Waals surface area contributed by atoms with Crippen molar-refractivity contribution in [3.05, 3.63) is 101 Å². The third kappa shape index (κ3) is 8.83. The average molecular weight is 570 g/mol. The first-order valence-corrected chi connectivity index (χ1v) is 15.1. The molecule has 1 atom stereocenters. The van der Waals surface area contributed by atoms with E-state index in [1.54, 1.807) is 24.3 Å². The second-order valence-electron chi connectivity index (χ2n) is 10.1. The van der Waals surface area contributed by atoms with Gasteiger partial charge in [-0.25, -0.2) is 8.42 Å². The van der Waals surface area contributed by atoms with Gasteiger partial charge in [-0.15, -0.1) is 0 Å². The first kappa shape index (κ1) is 30.2. The summed E-state index contributed by atoms with van der Waals surface area (Å²) in [5.74, 6) is -0.591. The van der Waals surface area contributed by atoms with Gasteiger partial charge in [-0.2, -0.15) is 0 Å². The summed E-state index contributed by atoms with van der Waals surface area (Å²) in [6, 6.07) is 22.8. The van der Waals surface area contributed by atoms with Crippen LogP contribution in [0.5, 0.6) is 0 Å². The highest BCUT2D eigenvalue weighted by molar-refractivity contribution is 7.92. The quantitative estimate of drug-likeness (QED) is 0.338. The van der Waals surface area contributed by atoms with Crippen molar-refractivity contribution in [1.29, 1.82) is 0 Å². The second kappa shape index (κ2) is 13.6.